The highest BCUT2D eigenvalue weighted by Gasteiger charge is 2.31. The molecule has 2 heterocycles. The Balaban J connectivity index is 1.74. The van der Waals surface area contributed by atoms with Crippen LogP contribution in [0.3, 0.4) is 0 Å². The molecular weight excluding hydrogens is 282 g/mol. The molecule has 0 unspecified atom stereocenters. The summed E-state index contributed by atoms with van der Waals surface area (Å²) in [6.07, 6.45) is 2.42. The first-order chi connectivity index (χ1) is 10.7. The van der Waals surface area contributed by atoms with Crippen LogP contribution in [0, 0.1) is 0 Å². The van der Waals surface area contributed by atoms with Crippen LogP contribution in [0.4, 0.5) is 0 Å². The number of ether oxygens (including phenoxy) is 1. The monoisotopic (exact) mass is 301 g/mol. The smallest absolute Gasteiger partial charge is 0.323 e. The van der Waals surface area contributed by atoms with Crippen molar-refractivity contribution in [3.05, 3.63) is 40.4 Å². The van der Waals surface area contributed by atoms with Crippen LogP contribution in [0.25, 0.3) is 10.9 Å². The van der Waals surface area contributed by atoms with E-state index in [-0.39, 0.29) is 17.6 Å². The van der Waals surface area contributed by atoms with Crippen LogP contribution in [0.1, 0.15) is 18.7 Å². The van der Waals surface area contributed by atoms with Crippen LogP contribution in [0.2, 0.25) is 0 Å². The van der Waals surface area contributed by atoms with Gasteiger partial charge in [0.2, 0.25) is 0 Å². The van der Waals surface area contributed by atoms with E-state index in [4.69, 9.17) is 4.74 Å². The third kappa shape index (κ3) is 2.87. The maximum absolute atomic E-state index is 12.0. The quantitative estimate of drug-likeness (QED) is 0.856. The summed E-state index contributed by atoms with van der Waals surface area (Å²) in [7, 11) is 1.42. The molecule has 6 nitrogen and oxygen atoms in total. The van der Waals surface area contributed by atoms with Crippen molar-refractivity contribution in [3.63, 3.8) is 0 Å². The molecule has 6 heteroatoms. The number of aromatic nitrogens is 2. The molecule has 1 aromatic heterocycles. The van der Waals surface area contributed by atoms with E-state index in [1.54, 1.807) is 6.07 Å². The van der Waals surface area contributed by atoms with Crippen molar-refractivity contribution in [2.45, 2.75) is 25.3 Å². The molecule has 1 atom stereocenters. The molecule has 1 aliphatic rings. The van der Waals surface area contributed by atoms with Crippen LogP contribution in [-0.4, -0.2) is 47.1 Å². The highest BCUT2D eigenvalue weighted by molar-refractivity contribution is 5.77. The minimum atomic E-state index is -0.183. The Morgan fingerprint density at radius 3 is 3.09 bits per heavy atom. The summed E-state index contributed by atoms with van der Waals surface area (Å²) < 4.78 is 4.84. The number of esters is 1. The molecule has 0 radical (unpaired) electrons. The number of nitrogens with one attached hydrogen (secondary N) is 1. The number of likely N-dealkylation sites (tertiary alicyclic amines) is 1. The number of methoxy groups -OCH3 is 1. The zero-order chi connectivity index (χ0) is 15.5. The number of carbonyl (C=O) groups is 1. The summed E-state index contributed by atoms with van der Waals surface area (Å²) in [5.41, 5.74) is 0.582. The lowest BCUT2D eigenvalue weighted by Crippen LogP contribution is -2.38. The predicted octanol–water partition coefficient (Wildman–Crippen LogP) is 1.10. The lowest BCUT2D eigenvalue weighted by molar-refractivity contribution is -0.145. The van der Waals surface area contributed by atoms with E-state index in [0.29, 0.717) is 29.7 Å². The molecule has 3 rings (SSSR count). The molecule has 0 saturated carbocycles. The summed E-state index contributed by atoms with van der Waals surface area (Å²) in [5, 5.41) is 0.597. The number of benzene rings is 1. The summed E-state index contributed by atoms with van der Waals surface area (Å²) >= 11 is 0. The summed E-state index contributed by atoms with van der Waals surface area (Å²) in [4.78, 5) is 33.2. The maximum Gasteiger partial charge on any atom is 0.323 e. The van der Waals surface area contributed by atoms with Gasteiger partial charge < -0.3 is 9.72 Å². The Morgan fingerprint density at radius 2 is 2.27 bits per heavy atom. The second kappa shape index (κ2) is 6.27. The zero-order valence-corrected chi connectivity index (χ0v) is 12.5. The van der Waals surface area contributed by atoms with Gasteiger partial charge >= 0.3 is 5.97 Å². The number of fused-ring (bicyclic) bond motifs is 1. The van der Waals surface area contributed by atoms with Crippen molar-refractivity contribution >= 4 is 16.9 Å². The lowest BCUT2D eigenvalue weighted by Gasteiger charge is -2.21. The van der Waals surface area contributed by atoms with Gasteiger partial charge in [-0.1, -0.05) is 12.1 Å². The van der Waals surface area contributed by atoms with Gasteiger partial charge in [-0.3, -0.25) is 14.5 Å². The molecule has 1 aromatic carbocycles. The first-order valence-corrected chi connectivity index (χ1v) is 7.49. The Kier molecular flexibility index (Phi) is 4.20. The highest BCUT2D eigenvalue weighted by atomic mass is 16.5. The summed E-state index contributed by atoms with van der Waals surface area (Å²) in [5.74, 6) is 0.469. The number of aromatic amines is 1. The predicted molar refractivity (Wildman–Crippen MR) is 82.7 cm³/mol. The van der Waals surface area contributed by atoms with E-state index < -0.39 is 0 Å². The van der Waals surface area contributed by atoms with Crippen LogP contribution >= 0.6 is 0 Å². The molecule has 1 fully saturated rings. The number of rotatable bonds is 4. The van der Waals surface area contributed by atoms with Gasteiger partial charge in [0, 0.05) is 13.0 Å². The average molecular weight is 301 g/mol. The normalized spacial score (nSPS) is 18.7. The fraction of sp³-hybridized carbons (Fsp3) is 0.438. The van der Waals surface area contributed by atoms with Crippen molar-refractivity contribution in [2.75, 3.05) is 20.2 Å². The van der Waals surface area contributed by atoms with E-state index in [9.17, 15) is 9.59 Å². The van der Waals surface area contributed by atoms with E-state index >= 15 is 0 Å². The van der Waals surface area contributed by atoms with E-state index in [1.807, 2.05) is 18.2 Å². The van der Waals surface area contributed by atoms with Gasteiger partial charge in [0.15, 0.2) is 0 Å². The number of hydrogen-bond acceptors (Lipinski definition) is 5. The molecule has 22 heavy (non-hydrogen) atoms. The topological polar surface area (TPSA) is 75.3 Å². The molecule has 1 saturated heterocycles. The molecule has 116 valence electrons. The van der Waals surface area contributed by atoms with Crippen LogP contribution in [0.5, 0.6) is 0 Å². The number of nitrogens with zero attached hydrogens (tertiary/aromatic N) is 2. The number of H-pyrrole nitrogens is 1. The highest BCUT2D eigenvalue weighted by Crippen LogP contribution is 2.18. The Morgan fingerprint density at radius 1 is 1.45 bits per heavy atom. The molecule has 2 aromatic rings. The molecule has 1 N–H and O–H groups in total. The Labute approximate surface area is 128 Å². The fourth-order valence-corrected chi connectivity index (χ4v) is 3.00. The minimum absolute atomic E-state index is 0.119. The Hall–Kier alpha value is -2.21. The Bertz CT molecular complexity index is 741. The van der Waals surface area contributed by atoms with Crippen molar-refractivity contribution in [3.8, 4) is 0 Å². The number of hydrogen-bond donors (Lipinski definition) is 1. The van der Waals surface area contributed by atoms with Gasteiger partial charge in [-0.2, -0.15) is 0 Å². The average Bonchev–Trinajstić information content (AvgIpc) is 3.01. The largest absolute Gasteiger partial charge is 0.468 e. The van der Waals surface area contributed by atoms with Gasteiger partial charge in [0.05, 0.1) is 18.0 Å². The molecule has 0 bridgehead atoms. The molecule has 0 spiro atoms. The second-order valence-electron chi connectivity index (χ2n) is 5.50. The molecule has 0 amide bonds. The molecular formula is C16H19N3O3. The van der Waals surface area contributed by atoms with Crippen molar-refractivity contribution in [1.82, 2.24) is 14.9 Å². The minimum Gasteiger partial charge on any atom is -0.468 e. The first-order valence-electron chi connectivity index (χ1n) is 7.49. The summed E-state index contributed by atoms with van der Waals surface area (Å²) in [6, 6.07) is 7.12. The third-order valence-corrected chi connectivity index (χ3v) is 4.13. The molecule has 0 aliphatic carbocycles. The van der Waals surface area contributed by atoms with E-state index in [2.05, 4.69) is 14.9 Å². The zero-order valence-electron chi connectivity index (χ0n) is 12.5. The maximum atomic E-state index is 12.0. The van der Waals surface area contributed by atoms with Crippen LogP contribution in [0.15, 0.2) is 29.1 Å². The SMILES string of the molecule is COC(=O)[C@H]1CCCN1CCc1nc2ccccc2c(=O)[nH]1. The second-order valence-corrected chi connectivity index (χ2v) is 5.50. The van der Waals surface area contributed by atoms with Gasteiger partial charge in [0.1, 0.15) is 11.9 Å². The third-order valence-electron chi connectivity index (χ3n) is 4.13. The molecule has 1 aliphatic heterocycles. The van der Waals surface area contributed by atoms with Crippen molar-refractivity contribution < 1.29 is 9.53 Å². The van der Waals surface area contributed by atoms with Gasteiger partial charge in [-0.15, -0.1) is 0 Å². The van der Waals surface area contributed by atoms with Crippen LogP contribution < -0.4 is 5.56 Å². The van der Waals surface area contributed by atoms with E-state index in [1.165, 1.54) is 7.11 Å². The fourth-order valence-electron chi connectivity index (χ4n) is 3.00. The van der Waals surface area contributed by atoms with Crippen LogP contribution in [-0.2, 0) is 16.0 Å². The van der Waals surface area contributed by atoms with Crippen molar-refractivity contribution in [2.24, 2.45) is 0 Å². The number of carbonyl (C=O) groups excluding carboxylic acids is 1. The standard InChI is InChI=1S/C16H19N3O3/c1-22-16(21)13-7-4-9-19(13)10-8-14-17-12-6-3-2-5-11(12)15(20)18-14/h2-3,5-6,13H,4,7-10H2,1H3,(H,17,18,20)/t13-/m1/s1. The van der Waals surface area contributed by atoms with Gasteiger partial charge in [-0.05, 0) is 31.5 Å². The van der Waals surface area contributed by atoms with E-state index in [0.717, 1.165) is 19.4 Å². The number of para-hydroxylation sites is 1. The summed E-state index contributed by atoms with van der Waals surface area (Å²) in [6.45, 7) is 1.55. The van der Waals surface area contributed by atoms with Crippen molar-refractivity contribution in [1.29, 1.82) is 0 Å². The lowest BCUT2D eigenvalue weighted by atomic mass is 10.2. The van der Waals surface area contributed by atoms with Gasteiger partial charge in [-0.25, -0.2) is 4.98 Å². The first kappa shape index (κ1) is 14.7. The van der Waals surface area contributed by atoms with Gasteiger partial charge in [0.25, 0.3) is 5.56 Å².